The Morgan fingerprint density at radius 1 is 1.38 bits per heavy atom. The maximum atomic E-state index is 5.42. The Bertz CT molecular complexity index is 300. The van der Waals surface area contributed by atoms with E-state index >= 15 is 0 Å². The Labute approximate surface area is 97.8 Å². The van der Waals surface area contributed by atoms with Crippen LogP contribution in [-0.2, 0) is 0 Å². The van der Waals surface area contributed by atoms with Crippen molar-refractivity contribution < 1.29 is 4.42 Å². The van der Waals surface area contributed by atoms with Crippen LogP contribution in [0.3, 0.4) is 0 Å². The van der Waals surface area contributed by atoms with Crippen molar-refractivity contribution in [3.63, 3.8) is 0 Å². The Kier molecular flexibility index (Phi) is 3.66. The number of nitrogens with zero attached hydrogens (tertiary/aromatic N) is 1. The maximum Gasteiger partial charge on any atom is 0.121 e. The van der Waals surface area contributed by atoms with E-state index in [2.05, 4.69) is 31.2 Å². The molecule has 3 unspecified atom stereocenters. The van der Waals surface area contributed by atoms with Crippen molar-refractivity contribution in [2.24, 2.45) is 0 Å². The first-order valence-corrected chi connectivity index (χ1v) is 6.26. The fraction of sp³-hybridized carbons (Fsp3) is 0.692. The quantitative estimate of drug-likeness (QED) is 0.851. The van der Waals surface area contributed by atoms with Crippen LogP contribution in [-0.4, -0.2) is 17.1 Å². The zero-order chi connectivity index (χ0) is 11.5. The molecule has 3 heteroatoms. The van der Waals surface area contributed by atoms with Crippen LogP contribution in [0.4, 0.5) is 0 Å². The van der Waals surface area contributed by atoms with Gasteiger partial charge in [0.05, 0.1) is 12.3 Å². The largest absolute Gasteiger partial charge is 0.468 e. The Hall–Kier alpha value is -0.800. The first-order chi connectivity index (χ1) is 7.68. The molecule has 0 amide bonds. The van der Waals surface area contributed by atoms with Crippen LogP contribution in [0.25, 0.3) is 0 Å². The van der Waals surface area contributed by atoms with E-state index in [1.54, 1.807) is 6.26 Å². The highest BCUT2D eigenvalue weighted by molar-refractivity contribution is 5.02. The van der Waals surface area contributed by atoms with E-state index < -0.39 is 0 Å². The molecule has 3 atom stereocenters. The van der Waals surface area contributed by atoms with Gasteiger partial charge in [-0.1, -0.05) is 6.42 Å². The van der Waals surface area contributed by atoms with Gasteiger partial charge < -0.3 is 4.42 Å². The summed E-state index contributed by atoms with van der Waals surface area (Å²) in [5, 5.41) is 2.39. The molecular formula is C13H22N2O. The van der Waals surface area contributed by atoms with Gasteiger partial charge in [-0.3, -0.25) is 0 Å². The van der Waals surface area contributed by atoms with Gasteiger partial charge in [0.1, 0.15) is 5.76 Å². The van der Waals surface area contributed by atoms with Gasteiger partial charge in [-0.2, -0.15) is 0 Å². The lowest BCUT2D eigenvalue weighted by Gasteiger charge is -2.40. The molecule has 1 fully saturated rings. The lowest BCUT2D eigenvalue weighted by atomic mass is 10.00. The molecule has 0 bridgehead atoms. The van der Waals surface area contributed by atoms with Gasteiger partial charge in [0.15, 0.2) is 0 Å². The Morgan fingerprint density at radius 2 is 2.06 bits per heavy atom. The van der Waals surface area contributed by atoms with Gasteiger partial charge >= 0.3 is 0 Å². The normalized spacial score (nSPS) is 29.2. The number of rotatable bonds is 3. The van der Waals surface area contributed by atoms with Crippen LogP contribution < -0.4 is 5.43 Å². The predicted octanol–water partition coefficient (Wildman–Crippen LogP) is 3.11. The summed E-state index contributed by atoms with van der Waals surface area (Å²) in [5.41, 5.74) is 3.56. The molecule has 1 aliphatic heterocycles. The van der Waals surface area contributed by atoms with Crippen LogP contribution in [0.2, 0.25) is 0 Å². The molecule has 3 nitrogen and oxygen atoms in total. The summed E-state index contributed by atoms with van der Waals surface area (Å²) in [6.45, 7) is 6.72. The molecule has 2 heterocycles. The zero-order valence-corrected chi connectivity index (χ0v) is 10.4. The van der Waals surface area contributed by atoms with Crippen LogP contribution in [0, 0.1) is 0 Å². The molecule has 2 rings (SSSR count). The average Bonchev–Trinajstić information content (AvgIpc) is 2.76. The number of nitrogens with one attached hydrogen (secondary N) is 1. The fourth-order valence-electron chi connectivity index (χ4n) is 2.50. The minimum Gasteiger partial charge on any atom is -0.468 e. The highest BCUT2D eigenvalue weighted by Gasteiger charge is 2.26. The molecule has 1 saturated heterocycles. The molecule has 16 heavy (non-hydrogen) atoms. The number of hydrogen-bond acceptors (Lipinski definition) is 3. The van der Waals surface area contributed by atoms with Crippen molar-refractivity contribution in [2.75, 3.05) is 0 Å². The second-order valence-corrected chi connectivity index (χ2v) is 4.90. The van der Waals surface area contributed by atoms with E-state index in [1.807, 2.05) is 12.1 Å². The zero-order valence-electron chi connectivity index (χ0n) is 10.4. The summed E-state index contributed by atoms with van der Waals surface area (Å²) in [6, 6.07) is 5.44. The van der Waals surface area contributed by atoms with E-state index in [1.165, 1.54) is 19.3 Å². The second kappa shape index (κ2) is 5.02. The fourth-order valence-corrected chi connectivity index (χ4v) is 2.50. The summed E-state index contributed by atoms with van der Waals surface area (Å²) < 4.78 is 5.42. The average molecular weight is 222 g/mol. The second-order valence-electron chi connectivity index (χ2n) is 4.90. The van der Waals surface area contributed by atoms with E-state index in [-0.39, 0.29) is 6.04 Å². The number of hydrogen-bond donors (Lipinski definition) is 1. The van der Waals surface area contributed by atoms with Gasteiger partial charge in [0, 0.05) is 12.1 Å². The molecule has 1 aliphatic rings. The van der Waals surface area contributed by atoms with Gasteiger partial charge in [0.25, 0.3) is 0 Å². The van der Waals surface area contributed by atoms with Crippen molar-refractivity contribution in [3.05, 3.63) is 24.2 Å². The maximum absolute atomic E-state index is 5.42. The van der Waals surface area contributed by atoms with Gasteiger partial charge in [-0.15, -0.1) is 0 Å². The first-order valence-electron chi connectivity index (χ1n) is 6.26. The topological polar surface area (TPSA) is 28.4 Å². The standard InChI is InChI=1S/C13H22N2O/c1-10-6-4-7-11(2)15(10)14-12(3)13-8-5-9-16-13/h5,8-12,14H,4,6-7H2,1-3H3. The molecule has 1 aromatic heterocycles. The predicted molar refractivity (Wildman–Crippen MR) is 64.9 cm³/mol. The van der Waals surface area contributed by atoms with Crippen molar-refractivity contribution >= 4 is 0 Å². The third-order valence-electron chi connectivity index (χ3n) is 3.51. The monoisotopic (exact) mass is 222 g/mol. The molecule has 0 spiro atoms. The molecule has 1 aromatic rings. The van der Waals surface area contributed by atoms with Crippen LogP contribution in [0.15, 0.2) is 22.8 Å². The van der Waals surface area contributed by atoms with Crippen molar-refractivity contribution in [1.82, 2.24) is 10.4 Å². The SMILES string of the molecule is CC(NN1C(C)CCCC1C)c1ccco1. The molecule has 0 radical (unpaired) electrons. The smallest absolute Gasteiger partial charge is 0.121 e. The minimum absolute atomic E-state index is 0.248. The van der Waals surface area contributed by atoms with Crippen molar-refractivity contribution in [1.29, 1.82) is 0 Å². The lowest BCUT2D eigenvalue weighted by Crippen LogP contribution is -2.52. The lowest BCUT2D eigenvalue weighted by molar-refractivity contribution is 0.0287. The Balaban J connectivity index is 1.97. The molecule has 0 aliphatic carbocycles. The van der Waals surface area contributed by atoms with E-state index in [0.717, 1.165) is 5.76 Å². The third kappa shape index (κ3) is 2.47. The minimum atomic E-state index is 0.248. The number of furan rings is 1. The molecule has 90 valence electrons. The summed E-state index contributed by atoms with van der Waals surface area (Å²) in [6.07, 6.45) is 5.64. The molecule has 0 saturated carbocycles. The van der Waals surface area contributed by atoms with E-state index in [0.29, 0.717) is 12.1 Å². The molecule has 0 aromatic carbocycles. The summed E-state index contributed by atoms with van der Waals surface area (Å²) in [5.74, 6) is 1.00. The van der Waals surface area contributed by atoms with Gasteiger partial charge in [-0.25, -0.2) is 10.4 Å². The van der Waals surface area contributed by atoms with Crippen LogP contribution in [0.1, 0.15) is 51.8 Å². The van der Waals surface area contributed by atoms with Gasteiger partial charge in [0.2, 0.25) is 0 Å². The van der Waals surface area contributed by atoms with Gasteiger partial charge in [-0.05, 0) is 45.7 Å². The van der Waals surface area contributed by atoms with Crippen molar-refractivity contribution in [2.45, 2.75) is 58.2 Å². The third-order valence-corrected chi connectivity index (χ3v) is 3.51. The molecular weight excluding hydrogens is 200 g/mol. The van der Waals surface area contributed by atoms with E-state index in [9.17, 15) is 0 Å². The summed E-state index contributed by atoms with van der Waals surface area (Å²) >= 11 is 0. The number of hydrazine groups is 1. The highest BCUT2D eigenvalue weighted by atomic mass is 16.3. The van der Waals surface area contributed by atoms with Crippen LogP contribution >= 0.6 is 0 Å². The van der Waals surface area contributed by atoms with Crippen molar-refractivity contribution in [3.8, 4) is 0 Å². The number of piperidine rings is 1. The summed E-state index contributed by atoms with van der Waals surface area (Å²) in [7, 11) is 0. The first kappa shape index (κ1) is 11.7. The van der Waals surface area contributed by atoms with Crippen LogP contribution in [0.5, 0.6) is 0 Å². The molecule has 1 N–H and O–H groups in total. The Morgan fingerprint density at radius 3 is 2.62 bits per heavy atom. The summed E-state index contributed by atoms with van der Waals surface area (Å²) in [4.78, 5) is 0. The van der Waals surface area contributed by atoms with E-state index in [4.69, 9.17) is 4.42 Å². The highest BCUT2D eigenvalue weighted by Crippen LogP contribution is 2.23.